The first-order valence-electron chi connectivity index (χ1n) is 12.9. The van der Waals surface area contributed by atoms with Gasteiger partial charge in [-0.25, -0.2) is 0 Å². The summed E-state index contributed by atoms with van der Waals surface area (Å²) in [5.41, 5.74) is 3.04. The van der Waals surface area contributed by atoms with Gasteiger partial charge >= 0.3 is 0 Å². The Morgan fingerprint density at radius 2 is 1.71 bits per heavy atom. The number of nitrogens with zero attached hydrogens (tertiary/aromatic N) is 3. The predicted molar refractivity (Wildman–Crippen MR) is 142 cm³/mol. The molecule has 2 fully saturated rings. The number of pyridine rings is 1. The zero-order valence-electron chi connectivity index (χ0n) is 21.7. The molecule has 2 aromatic carbocycles. The van der Waals surface area contributed by atoms with Crippen LogP contribution in [0.5, 0.6) is 0 Å². The normalized spacial score (nSPS) is 18.4. The molecule has 3 heterocycles. The molecule has 2 saturated heterocycles. The van der Waals surface area contributed by atoms with Crippen LogP contribution in [0.15, 0.2) is 73.1 Å². The number of benzene rings is 2. The number of aromatic nitrogens is 1. The van der Waals surface area contributed by atoms with Gasteiger partial charge in [0.05, 0.1) is 6.61 Å². The highest BCUT2D eigenvalue weighted by Gasteiger charge is 2.54. The van der Waals surface area contributed by atoms with Crippen molar-refractivity contribution in [2.75, 3.05) is 19.7 Å². The summed E-state index contributed by atoms with van der Waals surface area (Å²) in [6.45, 7) is 5.14. The standard InChI is InChI=1S/C30H32N4O4/c1-21-6-5-8-24(18-21)28(36)34-26(27(35)32-19-23-10-14-31-15-11-23)20-38-30(34)12-16-33(17-13-30)29(37)25-9-4-3-7-22(25)2/h3-11,14-15,18,26H,12-13,16-17,19-20H2,1-2H3,(H,32,35). The summed E-state index contributed by atoms with van der Waals surface area (Å²) < 4.78 is 6.31. The van der Waals surface area contributed by atoms with Crippen LogP contribution in [0.3, 0.4) is 0 Å². The van der Waals surface area contributed by atoms with Gasteiger partial charge in [-0.1, -0.05) is 35.9 Å². The Balaban J connectivity index is 1.37. The lowest BCUT2D eigenvalue weighted by Crippen LogP contribution is -2.59. The van der Waals surface area contributed by atoms with Gasteiger partial charge in [0, 0.05) is 56.0 Å². The van der Waals surface area contributed by atoms with Gasteiger partial charge in [0.2, 0.25) is 5.91 Å². The second-order valence-corrected chi connectivity index (χ2v) is 10.00. The maximum absolute atomic E-state index is 13.9. The number of carbonyl (C=O) groups excluding carboxylic acids is 3. The van der Waals surface area contributed by atoms with Gasteiger partial charge in [-0.2, -0.15) is 0 Å². The van der Waals surface area contributed by atoms with Crippen molar-refractivity contribution in [3.8, 4) is 0 Å². The molecule has 0 bridgehead atoms. The number of aryl methyl sites for hydroxylation is 2. The smallest absolute Gasteiger partial charge is 0.256 e. The molecular weight excluding hydrogens is 480 g/mol. The topological polar surface area (TPSA) is 91.8 Å². The number of hydrogen-bond acceptors (Lipinski definition) is 5. The maximum Gasteiger partial charge on any atom is 0.256 e. The number of nitrogens with one attached hydrogen (secondary N) is 1. The molecule has 2 aliphatic rings. The quantitative estimate of drug-likeness (QED) is 0.565. The van der Waals surface area contributed by atoms with E-state index in [1.54, 1.807) is 23.4 Å². The second-order valence-electron chi connectivity index (χ2n) is 10.00. The highest BCUT2D eigenvalue weighted by atomic mass is 16.5. The molecule has 8 heteroatoms. The largest absolute Gasteiger partial charge is 0.353 e. The fraction of sp³-hybridized carbons (Fsp3) is 0.333. The van der Waals surface area contributed by atoms with Gasteiger partial charge in [0.25, 0.3) is 11.8 Å². The van der Waals surface area contributed by atoms with E-state index in [1.807, 2.05) is 73.3 Å². The van der Waals surface area contributed by atoms with Crippen LogP contribution < -0.4 is 5.32 Å². The van der Waals surface area contributed by atoms with E-state index in [1.165, 1.54) is 0 Å². The van der Waals surface area contributed by atoms with Crippen LogP contribution in [-0.2, 0) is 16.1 Å². The Bertz CT molecular complexity index is 1330. The van der Waals surface area contributed by atoms with E-state index in [9.17, 15) is 14.4 Å². The fourth-order valence-corrected chi connectivity index (χ4v) is 5.33. The first-order valence-corrected chi connectivity index (χ1v) is 12.9. The van der Waals surface area contributed by atoms with Crippen LogP contribution in [0, 0.1) is 13.8 Å². The lowest BCUT2D eigenvalue weighted by atomic mass is 9.95. The molecular formula is C30H32N4O4. The molecule has 1 spiro atoms. The number of piperidine rings is 1. The van der Waals surface area contributed by atoms with Crippen molar-refractivity contribution in [1.29, 1.82) is 0 Å². The van der Waals surface area contributed by atoms with Gasteiger partial charge in [-0.3, -0.25) is 24.3 Å². The molecule has 1 aromatic heterocycles. The molecule has 196 valence electrons. The van der Waals surface area contributed by atoms with E-state index in [0.717, 1.165) is 16.7 Å². The molecule has 3 amide bonds. The Labute approximate surface area is 222 Å². The van der Waals surface area contributed by atoms with Crippen LogP contribution in [-0.4, -0.2) is 64.0 Å². The Morgan fingerprint density at radius 1 is 0.974 bits per heavy atom. The molecule has 0 radical (unpaired) electrons. The Kier molecular flexibility index (Phi) is 7.24. The van der Waals surface area contributed by atoms with Gasteiger partial charge in [0.15, 0.2) is 0 Å². The van der Waals surface area contributed by atoms with Crippen molar-refractivity contribution in [2.45, 2.75) is 45.0 Å². The van der Waals surface area contributed by atoms with Gasteiger partial charge in [-0.15, -0.1) is 0 Å². The number of carbonyl (C=O) groups is 3. The summed E-state index contributed by atoms with van der Waals surface area (Å²) in [7, 11) is 0. The molecule has 0 aliphatic carbocycles. The van der Waals surface area contributed by atoms with E-state index in [0.29, 0.717) is 43.6 Å². The van der Waals surface area contributed by atoms with Crippen molar-refractivity contribution in [2.24, 2.45) is 0 Å². The maximum atomic E-state index is 13.9. The molecule has 1 unspecified atom stereocenters. The van der Waals surface area contributed by atoms with Crippen LogP contribution in [0.25, 0.3) is 0 Å². The monoisotopic (exact) mass is 512 g/mol. The van der Waals surface area contributed by atoms with Crippen LogP contribution in [0.1, 0.15) is 50.2 Å². The third-order valence-electron chi connectivity index (χ3n) is 7.47. The average Bonchev–Trinajstić information content (AvgIpc) is 3.30. The minimum absolute atomic E-state index is 0.0286. The van der Waals surface area contributed by atoms with Crippen LogP contribution in [0.4, 0.5) is 0 Å². The van der Waals surface area contributed by atoms with Crippen LogP contribution in [0.2, 0.25) is 0 Å². The summed E-state index contributed by atoms with van der Waals surface area (Å²) in [5, 5.41) is 2.96. The van der Waals surface area contributed by atoms with E-state index < -0.39 is 11.8 Å². The molecule has 0 saturated carbocycles. The number of rotatable bonds is 5. The Hall–Kier alpha value is -4.04. The fourth-order valence-electron chi connectivity index (χ4n) is 5.33. The van der Waals surface area contributed by atoms with Crippen LogP contribution >= 0.6 is 0 Å². The second kappa shape index (κ2) is 10.8. The van der Waals surface area contributed by atoms with Crippen molar-refractivity contribution in [1.82, 2.24) is 20.1 Å². The van der Waals surface area contributed by atoms with E-state index >= 15 is 0 Å². The van der Waals surface area contributed by atoms with Gasteiger partial charge < -0.3 is 15.0 Å². The number of ether oxygens (including phenoxy) is 1. The molecule has 38 heavy (non-hydrogen) atoms. The van der Waals surface area contributed by atoms with E-state index in [4.69, 9.17) is 4.74 Å². The molecule has 3 aromatic rings. The summed E-state index contributed by atoms with van der Waals surface area (Å²) in [6, 6.07) is 17.8. The SMILES string of the molecule is Cc1cccc(C(=O)N2C(C(=O)NCc3ccncc3)COC23CCN(C(=O)c2ccccc2C)CC3)c1. The van der Waals surface area contributed by atoms with Gasteiger partial charge in [0.1, 0.15) is 11.8 Å². The molecule has 8 nitrogen and oxygen atoms in total. The van der Waals surface area contributed by atoms with E-state index in [2.05, 4.69) is 10.3 Å². The zero-order valence-corrected chi connectivity index (χ0v) is 21.7. The van der Waals surface area contributed by atoms with Crippen molar-refractivity contribution >= 4 is 17.7 Å². The number of likely N-dealkylation sites (tertiary alicyclic amines) is 1. The molecule has 1 N–H and O–H groups in total. The molecule has 2 aliphatic heterocycles. The Morgan fingerprint density at radius 3 is 2.42 bits per heavy atom. The number of amides is 3. The lowest BCUT2D eigenvalue weighted by Gasteiger charge is -2.44. The number of hydrogen-bond donors (Lipinski definition) is 1. The third-order valence-corrected chi connectivity index (χ3v) is 7.47. The van der Waals surface area contributed by atoms with Crippen molar-refractivity contribution < 1.29 is 19.1 Å². The van der Waals surface area contributed by atoms with Crippen molar-refractivity contribution in [3.63, 3.8) is 0 Å². The summed E-state index contributed by atoms with van der Waals surface area (Å²) in [6.07, 6.45) is 4.20. The molecule has 5 rings (SSSR count). The first-order chi connectivity index (χ1) is 18.4. The average molecular weight is 513 g/mol. The highest BCUT2D eigenvalue weighted by molar-refractivity contribution is 5.99. The lowest BCUT2D eigenvalue weighted by molar-refractivity contribution is -0.128. The summed E-state index contributed by atoms with van der Waals surface area (Å²) in [5.74, 6) is -0.536. The predicted octanol–water partition coefficient (Wildman–Crippen LogP) is 3.49. The minimum Gasteiger partial charge on any atom is -0.353 e. The summed E-state index contributed by atoms with van der Waals surface area (Å²) >= 11 is 0. The highest BCUT2D eigenvalue weighted by Crippen LogP contribution is 2.39. The zero-order chi connectivity index (χ0) is 26.7. The molecule has 1 atom stereocenters. The minimum atomic E-state index is -0.956. The summed E-state index contributed by atoms with van der Waals surface area (Å²) in [4.78, 5) is 48.0. The first kappa shape index (κ1) is 25.6. The van der Waals surface area contributed by atoms with E-state index in [-0.39, 0.29) is 24.3 Å². The van der Waals surface area contributed by atoms with Gasteiger partial charge in [-0.05, 0) is 55.3 Å². The third kappa shape index (κ3) is 5.04. The van der Waals surface area contributed by atoms with Crippen molar-refractivity contribution in [3.05, 3.63) is 101 Å².